The number of nitrogens with one attached hydrogen (secondary N) is 2. The average molecular weight is 940 g/mol. The monoisotopic (exact) mass is 940 g/mol. The Bertz CT molecular complexity index is 2480. The fraction of sp³-hybridized carbons (Fsp3) is 0.560. The number of hydrazine groups is 1. The minimum atomic E-state index is -1.08. The summed E-state index contributed by atoms with van der Waals surface area (Å²) in [6.45, 7) is 16.5. The number of thiazole rings is 1. The van der Waals surface area contributed by atoms with Gasteiger partial charge in [-0.15, -0.1) is 11.3 Å². The summed E-state index contributed by atoms with van der Waals surface area (Å²) in [7, 11) is 5.24. The predicted octanol–water partition coefficient (Wildman–Crippen LogP) is 5.83. The van der Waals surface area contributed by atoms with Crippen molar-refractivity contribution < 1.29 is 33.8 Å². The van der Waals surface area contributed by atoms with Gasteiger partial charge in [-0.3, -0.25) is 29.3 Å². The van der Waals surface area contributed by atoms with Crippen molar-refractivity contribution in [2.45, 2.75) is 111 Å². The number of benzene rings is 1. The lowest BCUT2D eigenvalue weighted by Crippen LogP contribution is -2.62. The molecule has 7 rings (SSSR count). The maximum atomic E-state index is 14.7. The minimum Gasteiger partial charge on any atom is -0.464 e. The summed E-state index contributed by atoms with van der Waals surface area (Å²) in [5.74, 6) is -1.64. The van der Waals surface area contributed by atoms with Crippen LogP contribution < -0.4 is 10.7 Å². The summed E-state index contributed by atoms with van der Waals surface area (Å²) in [6, 6.07) is 7.31. The SMILES string of the molecule is C/C=C1/CN(C(=O)N(C)C(C(=O)N[C@H]2Cc3nc(cs3)-c3ccc4c(c3)c(c(-c3cccnc3[C@H](C)OC)n4CC)CC(C)(C)COC(=O)[C@@H]3CCCN(N3)C2=O)C(C)C)C[C@@H]1N(C)CCO. The van der Waals surface area contributed by atoms with Crippen molar-refractivity contribution in [2.24, 2.45) is 11.3 Å². The van der Waals surface area contributed by atoms with Crippen LogP contribution in [0.15, 0.2) is 53.6 Å². The van der Waals surface area contributed by atoms with Crippen molar-refractivity contribution in [1.29, 1.82) is 0 Å². The quantitative estimate of drug-likeness (QED) is 0.122. The standard InChI is InChI=1S/C50H69N9O7S/c1-11-32-26-57(27-41(32)55(8)21-22-60)49(64)56(9)44(30(3)4)46(61)53-38-24-42-52-39(28-67-42)33-17-18-40-35(23-33)36(45(58(40)12-2)34-15-13-19-51-43(34)31(5)65-10)25-50(6,7)29-66-48(63)37-16-14-20-59(54-37)47(38)62/h11,13,15,17-19,23,28,30-31,37-38,41,44,54,60H,12,14,16,20-22,24-27,29H2,1-10H3,(H,53,61)/b32-11-/t31-,37-,38-,41-,44?/m0/s1. The molecule has 3 aromatic heterocycles. The summed E-state index contributed by atoms with van der Waals surface area (Å²) >= 11 is 1.42. The molecule has 3 aliphatic rings. The summed E-state index contributed by atoms with van der Waals surface area (Å²) in [4.78, 5) is 72.5. The van der Waals surface area contributed by atoms with E-state index in [-0.39, 0.29) is 43.7 Å². The van der Waals surface area contributed by atoms with Crippen LogP contribution in [-0.2, 0) is 43.2 Å². The molecule has 3 N–H and O–H groups in total. The number of aryl methyl sites for hydroxylation is 1. The summed E-state index contributed by atoms with van der Waals surface area (Å²) in [5, 5.41) is 17.8. The molecule has 5 atom stereocenters. The Hall–Kier alpha value is -5.20. The van der Waals surface area contributed by atoms with Gasteiger partial charge in [0, 0.05) is 98.4 Å². The molecule has 2 fully saturated rings. The maximum Gasteiger partial charge on any atom is 0.324 e. The maximum absolute atomic E-state index is 14.7. The van der Waals surface area contributed by atoms with Gasteiger partial charge in [0.1, 0.15) is 18.1 Å². The average Bonchev–Trinajstić information content (AvgIpc) is 4.05. The fourth-order valence-electron chi connectivity index (χ4n) is 9.97. The molecule has 67 heavy (non-hydrogen) atoms. The number of ether oxygens (including phenoxy) is 2. The van der Waals surface area contributed by atoms with Crippen LogP contribution in [0.25, 0.3) is 33.4 Å². The number of likely N-dealkylation sites (tertiary alicyclic amines) is 1. The predicted molar refractivity (Wildman–Crippen MR) is 260 cm³/mol. The molecule has 17 heteroatoms. The first kappa shape index (κ1) is 49.7. The van der Waals surface area contributed by atoms with E-state index in [9.17, 15) is 24.3 Å². The number of rotatable bonds is 11. The second-order valence-electron chi connectivity index (χ2n) is 19.3. The van der Waals surface area contributed by atoms with Gasteiger partial charge < -0.3 is 34.3 Å². The van der Waals surface area contributed by atoms with Crippen LogP contribution in [0.2, 0.25) is 0 Å². The van der Waals surface area contributed by atoms with Gasteiger partial charge in [-0.1, -0.05) is 39.8 Å². The molecule has 0 saturated carbocycles. The van der Waals surface area contributed by atoms with E-state index in [0.29, 0.717) is 57.0 Å². The van der Waals surface area contributed by atoms with Crippen molar-refractivity contribution in [1.82, 2.24) is 45.0 Å². The molecule has 0 aliphatic carbocycles. The molecule has 362 valence electrons. The number of likely N-dealkylation sites (N-methyl/N-ethyl adjacent to an activating group) is 2. The molecule has 6 bridgehead atoms. The molecular weight excluding hydrogens is 871 g/mol. The van der Waals surface area contributed by atoms with E-state index in [1.165, 1.54) is 21.2 Å². The van der Waals surface area contributed by atoms with E-state index in [1.807, 2.05) is 57.2 Å². The number of fused-ring (bicyclic) bond motifs is 6. The number of carbonyl (C=O) groups is 4. The largest absolute Gasteiger partial charge is 0.464 e. The van der Waals surface area contributed by atoms with Gasteiger partial charge in [0.15, 0.2) is 0 Å². The number of aliphatic hydroxyl groups excluding tert-OH is 1. The van der Waals surface area contributed by atoms with Crippen molar-refractivity contribution in [3.63, 3.8) is 0 Å². The number of amides is 4. The number of aliphatic hydroxyl groups is 1. The number of allylic oxidation sites excluding steroid dienone is 1. The van der Waals surface area contributed by atoms with E-state index in [2.05, 4.69) is 60.3 Å². The van der Waals surface area contributed by atoms with Gasteiger partial charge in [0.05, 0.1) is 41.4 Å². The highest BCUT2D eigenvalue weighted by atomic mass is 32.1. The number of nitrogens with zero attached hydrogens (tertiary/aromatic N) is 7. The third-order valence-electron chi connectivity index (χ3n) is 13.6. The molecule has 1 aromatic carbocycles. The molecule has 0 radical (unpaired) electrons. The van der Waals surface area contributed by atoms with Gasteiger partial charge in [0.2, 0.25) is 5.91 Å². The number of methoxy groups -OCH3 is 1. The van der Waals surface area contributed by atoms with E-state index in [4.69, 9.17) is 19.4 Å². The highest BCUT2D eigenvalue weighted by Crippen LogP contribution is 2.42. The van der Waals surface area contributed by atoms with E-state index in [1.54, 1.807) is 25.3 Å². The van der Waals surface area contributed by atoms with E-state index in [0.717, 1.165) is 50.2 Å². The molecule has 4 aromatic rings. The van der Waals surface area contributed by atoms with Gasteiger partial charge in [-0.25, -0.2) is 15.2 Å². The molecule has 16 nitrogen and oxygen atoms in total. The Morgan fingerprint density at radius 3 is 2.66 bits per heavy atom. The highest BCUT2D eigenvalue weighted by molar-refractivity contribution is 7.10. The zero-order valence-corrected chi connectivity index (χ0v) is 41.6. The number of aromatic nitrogens is 3. The van der Waals surface area contributed by atoms with E-state index < -0.39 is 41.3 Å². The molecular formula is C50H69N9O7S. The van der Waals surface area contributed by atoms with Gasteiger partial charge in [0.25, 0.3) is 5.91 Å². The van der Waals surface area contributed by atoms with Gasteiger partial charge in [-0.2, -0.15) is 0 Å². The van der Waals surface area contributed by atoms with Crippen LogP contribution in [0.1, 0.15) is 83.7 Å². The highest BCUT2D eigenvalue weighted by Gasteiger charge is 2.41. The lowest BCUT2D eigenvalue weighted by atomic mass is 9.84. The van der Waals surface area contributed by atoms with Crippen LogP contribution >= 0.6 is 11.3 Å². The third kappa shape index (κ3) is 10.5. The molecule has 1 unspecified atom stereocenters. The normalized spacial score (nSPS) is 21.7. The summed E-state index contributed by atoms with van der Waals surface area (Å²) in [6.07, 6.45) is 5.22. The first-order valence-electron chi connectivity index (χ1n) is 23.6. The third-order valence-corrected chi connectivity index (χ3v) is 14.5. The number of carbonyl (C=O) groups excluding carboxylic acids is 4. The Morgan fingerprint density at radius 1 is 1.18 bits per heavy atom. The Morgan fingerprint density at radius 2 is 1.96 bits per heavy atom. The van der Waals surface area contributed by atoms with Crippen molar-refractivity contribution in [3.05, 3.63) is 69.8 Å². The van der Waals surface area contributed by atoms with Gasteiger partial charge >= 0.3 is 12.0 Å². The number of pyridine rings is 1. The van der Waals surface area contributed by atoms with Crippen molar-refractivity contribution >= 4 is 46.1 Å². The summed E-state index contributed by atoms with van der Waals surface area (Å²) < 4.78 is 14.3. The van der Waals surface area contributed by atoms with Crippen molar-refractivity contribution in [2.75, 3.05) is 60.6 Å². The second-order valence-corrected chi connectivity index (χ2v) is 20.3. The minimum absolute atomic E-state index is 0.000381. The molecule has 2 saturated heterocycles. The number of urea groups is 1. The van der Waals surface area contributed by atoms with Crippen LogP contribution in [-0.4, -0.2) is 148 Å². The second kappa shape index (κ2) is 21.0. The zero-order chi connectivity index (χ0) is 48.3. The molecule has 4 amide bonds. The number of hydrogen-bond donors (Lipinski definition) is 3. The Balaban J connectivity index is 1.25. The van der Waals surface area contributed by atoms with E-state index >= 15 is 0 Å². The fourth-order valence-corrected chi connectivity index (χ4v) is 10.8. The Labute approximate surface area is 398 Å². The van der Waals surface area contributed by atoms with Crippen LogP contribution in [0.5, 0.6) is 0 Å². The first-order valence-corrected chi connectivity index (χ1v) is 24.5. The first-order chi connectivity index (χ1) is 32.0. The Kier molecular flexibility index (Phi) is 15.6. The van der Waals surface area contributed by atoms with Crippen LogP contribution in [0.3, 0.4) is 0 Å². The number of hydrogen-bond acceptors (Lipinski definition) is 12. The van der Waals surface area contributed by atoms with Crippen LogP contribution in [0.4, 0.5) is 4.79 Å². The molecule has 6 heterocycles. The zero-order valence-electron chi connectivity index (χ0n) is 40.8. The smallest absolute Gasteiger partial charge is 0.324 e. The number of esters is 1. The molecule has 3 aliphatic heterocycles. The topological polar surface area (TPSA) is 175 Å². The lowest BCUT2D eigenvalue weighted by molar-refractivity contribution is -0.155. The lowest BCUT2D eigenvalue weighted by Gasteiger charge is -2.37. The molecule has 0 spiro atoms. The summed E-state index contributed by atoms with van der Waals surface area (Å²) in [5.41, 5.74) is 10.4. The number of cyclic esters (lactones) is 1. The van der Waals surface area contributed by atoms with Gasteiger partial charge in [-0.05, 0) is 88.4 Å². The van der Waals surface area contributed by atoms with Crippen molar-refractivity contribution in [3.8, 4) is 22.5 Å². The van der Waals surface area contributed by atoms with Crippen LogP contribution in [0, 0.1) is 11.3 Å².